The van der Waals surface area contributed by atoms with Crippen LogP contribution < -0.4 is 15.2 Å². The molecule has 0 spiro atoms. The number of carbonyl (C=O) groups is 2. The second-order valence-electron chi connectivity index (χ2n) is 6.92. The van der Waals surface area contributed by atoms with Gasteiger partial charge in [-0.1, -0.05) is 0 Å². The van der Waals surface area contributed by atoms with E-state index in [2.05, 4.69) is 0 Å². The van der Waals surface area contributed by atoms with Gasteiger partial charge in [0.1, 0.15) is 11.5 Å². The Morgan fingerprint density at radius 3 is 2.26 bits per heavy atom. The highest BCUT2D eigenvalue weighted by Gasteiger charge is 2.40. The van der Waals surface area contributed by atoms with Crippen LogP contribution >= 0.6 is 0 Å². The number of ether oxygens (including phenoxy) is 3. The summed E-state index contributed by atoms with van der Waals surface area (Å²) in [5, 5.41) is 0. The average molecular weight is 377 g/mol. The van der Waals surface area contributed by atoms with E-state index in [0.29, 0.717) is 69.3 Å². The van der Waals surface area contributed by atoms with E-state index in [0.717, 1.165) is 0 Å². The summed E-state index contributed by atoms with van der Waals surface area (Å²) in [6.45, 7) is 2.90. The van der Waals surface area contributed by atoms with Crippen LogP contribution in [0, 0.1) is 0 Å². The summed E-state index contributed by atoms with van der Waals surface area (Å²) in [4.78, 5) is 29.2. The number of nitrogens with zero attached hydrogens (tertiary/aromatic N) is 2. The van der Waals surface area contributed by atoms with Crippen molar-refractivity contribution in [3.63, 3.8) is 0 Å². The van der Waals surface area contributed by atoms with Gasteiger partial charge in [0.2, 0.25) is 5.91 Å². The van der Waals surface area contributed by atoms with Crippen LogP contribution in [0.15, 0.2) is 18.2 Å². The number of methoxy groups -OCH3 is 2. The molecule has 8 heteroatoms. The zero-order valence-corrected chi connectivity index (χ0v) is 15.9. The summed E-state index contributed by atoms with van der Waals surface area (Å²) in [7, 11) is 3.09. The molecule has 0 unspecified atom stereocenters. The number of piperazine rings is 1. The maximum absolute atomic E-state index is 12.9. The standard InChI is InChI=1S/C19H27N3O5/c1-25-14-3-4-15(16(13-14)26-2)17(23)21-7-9-22(10-8-21)18(24)19(20)5-11-27-12-6-19/h3-4,13H,5-12,20H2,1-2H3. The number of hydrogen-bond acceptors (Lipinski definition) is 6. The molecule has 8 nitrogen and oxygen atoms in total. The monoisotopic (exact) mass is 377 g/mol. The van der Waals surface area contributed by atoms with Gasteiger partial charge in [-0.2, -0.15) is 0 Å². The van der Waals surface area contributed by atoms with E-state index < -0.39 is 5.54 Å². The van der Waals surface area contributed by atoms with E-state index in [1.165, 1.54) is 7.11 Å². The molecule has 0 atom stereocenters. The molecule has 1 aromatic rings. The maximum Gasteiger partial charge on any atom is 0.257 e. The van der Waals surface area contributed by atoms with Crippen molar-refractivity contribution in [3.05, 3.63) is 23.8 Å². The lowest BCUT2D eigenvalue weighted by atomic mass is 9.89. The fourth-order valence-corrected chi connectivity index (χ4v) is 3.52. The second-order valence-corrected chi connectivity index (χ2v) is 6.92. The molecule has 0 radical (unpaired) electrons. The molecule has 1 aromatic carbocycles. The molecule has 2 saturated heterocycles. The Kier molecular flexibility index (Phi) is 5.86. The number of rotatable bonds is 4. The third-order valence-electron chi connectivity index (χ3n) is 5.30. The first kappa shape index (κ1) is 19.4. The van der Waals surface area contributed by atoms with E-state index in [9.17, 15) is 9.59 Å². The van der Waals surface area contributed by atoms with Crippen LogP contribution in [0.5, 0.6) is 11.5 Å². The molecule has 0 aliphatic carbocycles. The van der Waals surface area contributed by atoms with Crippen molar-refractivity contribution in [2.24, 2.45) is 5.73 Å². The summed E-state index contributed by atoms with van der Waals surface area (Å²) < 4.78 is 15.8. The van der Waals surface area contributed by atoms with Crippen LogP contribution in [0.2, 0.25) is 0 Å². The van der Waals surface area contributed by atoms with Crippen molar-refractivity contribution in [1.29, 1.82) is 0 Å². The molecule has 2 heterocycles. The lowest BCUT2D eigenvalue weighted by Gasteiger charge is -2.41. The molecule has 2 aliphatic heterocycles. The zero-order chi connectivity index (χ0) is 19.4. The predicted octanol–water partition coefficient (Wildman–Crippen LogP) is 0.496. The van der Waals surface area contributed by atoms with Crippen LogP contribution in [0.25, 0.3) is 0 Å². The van der Waals surface area contributed by atoms with Gasteiger partial charge < -0.3 is 29.7 Å². The molecule has 2 amide bonds. The Balaban J connectivity index is 1.63. The van der Waals surface area contributed by atoms with E-state index in [1.807, 2.05) is 0 Å². The molecule has 0 bridgehead atoms. The molecular formula is C19H27N3O5. The van der Waals surface area contributed by atoms with Gasteiger partial charge in [-0.15, -0.1) is 0 Å². The van der Waals surface area contributed by atoms with Gasteiger partial charge in [-0.3, -0.25) is 9.59 Å². The van der Waals surface area contributed by atoms with Gasteiger partial charge in [-0.25, -0.2) is 0 Å². The lowest BCUT2D eigenvalue weighted by molar-refractivity contribution is -0.142. The summed E-state index contributed by atoms with van der Waals surface area (Å²) in [6.07, 6.45) is 1.07. The lowest BCUT2D eigenvalue weighted by Crippen LogP contribution is -2.61. The highest BCUT2D eigenvalue weighted by Crippen LogP contribution is 2.27. The number of carbonyl (C=O) groups excluding carboxylic acids is 2. The molecule has 2 aliphatic rings. The third kappa shape index (κ3) is 4.01. The van der Waals surface area contributed by atoms with Gasteiger partial charge in [0.15, 0.2) is 0 Å². The van der Waals surface area contributed by atoms with Crippen LogP contribution in [0.3, 0.4) is 0 Å². The summed E-state index contributed by atoms with van der Waals surface area (Å²) in [5.74, 6) is 0.944. The van der Waals surface area contributed by atoms with Gasteiger partial charge in [0.25, 0.3) is 5.91 Å². The van der Waals surface area contributed by atoms with E-state index in [-0.39, 0.29) is 11.8 Å². The molecule has 2 N–H and O–H groups in total. The molecular weight excluding hydrogens is 350 g/mol. The van der Waals surface area contributed by atoms with E-state index in [4.69, 9.17) is 19.9 Å². The Hall–Kier alpha value is -2.32. The van der Waals surface area contributed by atoms with E-state index >= 15 is 0 Å². The van der Waals surface area contributed by atoms with Crippen molar-refractivity contribution in [3.8, 4) is 11.5 Å². The van der Waals surface area contributed by atoms with Crippen LogP contribution in [0.1, 0.15) is 23.2 Å². The van der Waals surface area contributed by atoms with Crippen LogP contribution in [-0.4, -0.2) is 80.8 Å². The first-order valence-corrected chi connectivity index (χ1v) is 9.16. The van der Waals surface area contributed by atoms with Crippen LogP contribution in [0.4, 0.5) is 0 Å². The first-order chi connectivity index (χ1) is 13.0. The fourth-order valence-electron chi connectivity index (χ4n) is 3.52. The maximum atomic E-state index is 12.9. The highest BCUT2D eigenvalue weighted by atomic mass is 16.5. The van der Waals surface area contributed by atoms with Gasteiger partial charge in [0.05, 0.1) is 25.3 Å². The number of nitrogens with two attached hydrogens (primary N) is 1. The molecule has 148 valence electrons. The Morgan fingerprint density at radius 1 is 1.04 bits per heavy atom. The van der Waals surface area contributed by atoms with Gasteiger partial charge in [-0.05, 0) is 25.0 Å². The Labute approximate surface area is 159 Å². The highest BCUT2D eigenvalue weighted by molar-refractivity contribution is 5.97. The molecule has 0 aromatic heterocycles. The quantitative estimate of drug-likeness (QED) is 0.821. The van der Waals surface area contributed by atoms with E-state index in [1.54, 1.807) is 35.1 Å². The minimum Gasteiger partial charge on any atom is -0.497 e. The number of benzene rings is 1. The first-order valence-electron chi connectivity index (χ1n) is 9.16. The van der Waals surface area contributed by atoms with Crippen molar-refractivity contribution >= 4 is 11.8 Å². The molecule has 27 heavy (non-hydrogen) atoms. The normalized spacial score (nSPS) is 19.5. The Morgan fingerprint density at radius 2 is 1.67 bits per heavy atom. The predicted molar refractivity (Wildman–Crippen MR) is 99.0 cm³/mol. The SMILES string of the molecule is COc1ccc(C(=O)N2CCN(C(=O)C3(N)CCOCC3)CC2)c(OC)c1. The summed E-state index contributed by atoms with van der Waals surface area (Å²) in [6, 6.07) is 5.13. The Bertz CT molecular complexity index is 695. The smallest absolute Gasteiger partial charge is 0.257 e. The molecule has 3 rings (SSSR count). The van der Waals surface area contributed by atoms with Gasteiger partial charge in [0, 0.05) is 45.5 Å². The molecule has 0 saturated carbocycles. The third-order valence-corrected chi connectivity index (χ3v) is 5.30. The second kappa shape index (κ2) is 8.14. The largest absolute Gasteiger partial charge is 0.497 e. The van der Waals surface area contributed by atoms with Gasteiger partial charge >= 0.3 is 0 Å². The van der Waals surface area contributed by atoms with Crippen LogP contribution in [-0.2, 0) is 9.53 Å². The average Bonchev–Trinajstić information content (AvgIpc) is 2.72. The number of amides is 2. The summed E-state index contributed by atoms with van der Waals surface area (Å²) in [5.41, 5.74) is 5.94. The van der Waals surface area contributed by atoms with Crippen molar-refractivity contribution in [1.82, 2.24) is 9.80 Å². The van der Waals surface area contributed by atoms with Crippen molar-refractivity contribution in [2.45, 2.75) is 18.4 Å². The fraction of sp³-hybridized carbons (Fsp3) is 0.579. The zero-order valence-electron chi connectivity index (χ0n) is 15.9. The minimum atomic E-state index is -0.844. The van der Waals surface area contributed by atoms with Crippen molar-refractivity contribution < 1.29 is 23.8 Å². The summed E-state index contributed by atoms with van der Waals surface area (Å²) >= 11 is 0. The minimum absolute atomic E-state index is 0.0417. The van der Waals surface area contributed by atoms with Crippen molar-refractivity contribution in [2.75, 3.05) is 53.6 Å². The number of hydrogen-bond donors (Lipinski definition) is 1. The topological polar surface area (TPSA) is 94.3 Å². The molecule has 2 fully saturated rings.